The summed E-state index contributed by atoms with van der Waals surface area (Å²) in [6.45, 7) is 1.32. The predicted molar refractivity (Wildman–Crippen MR) is 129 cm³/mol. The SMILES string of the molecule is N#Cc1c(-c2ccccc2)nc(NN=Cc2ccccc2COCC2CCCCC2)[nH]c1=O. The van der Waals surface area contributed by atoms with Gasteiger partial charge in [-0.3, -0.25) is 9.78 Å². The number of nitriles is 1. The number of benzene rings is 2. The Bertz CT molecular complexity index is 1190. The van der Waals surface area contributed by atoms with E-state index in [0.29, 0.717) is 23.8 Å². The van der Waals surface area contributed by atoms with Gasteiger partial charge in [-0.05, 0) is 24.3 Å². The van der Waals surface area contributed by atoms with Crippen LogP contribution in [0.15, 0.2) is 64.5 Å². The Kier molecular flexibility index (Phi) is 7.62. The third kappa shape index (κ3) is 5.93. The number of anilines is 1. The molecule has 2 aromatic carbocycles. The van der Waals surface area contributed by atoms with Crippen LogP contribution in [0.5, 0.6) is 0 Å². The van der Waals surface area contributed by atoms with Gasteiger partial charge in [-0.2, -0.15) is 10.4 Å². The molecule has 0 saturated heterocycles. The highest BCUT2D eigenvalue weighted by Crippen LogP contribution is 2.24. The largest absolute Gasteiger partial charge is 0.376 e. The van der Waals surface area contributed by atoms with E-state index >= 15 is 0 Å². The van der Waals surface area contributed by atoms with E-state index in [9.17, 15) is 10.1 Å². The first kappa shape index (κ1) is 22.4. The van der Waals surface area contributed by atoms with E-state index in [1.165, 1.54) is 32.1 Å². The van der Waals surface area contributed by atoms with Crippen molar-refractivity contribution in [2.45, 2.75) is 38.7 Å². The third-order valence-corrected chi connectivity index (χ3v) is 5.84. The Balaban J connectivity index is 1.45. The molecule has 1 heterocycles. The van der Waals surface area contributed by atoms with E-state index < -0.39 is 5.56 Å². The number of rotatable bonds is 8. The number of hydrazone groups is 1. The maximum atomic E-state index is 12.4. The molecule has 0 spiro atoms. The van der Waals surface area contributed by atoms with Crippen LogP contribution in [-0.4, -0.2) is 22.8 Å². The average molecular weight is 442 g/mol. The van der Waals surface area contributed by atoms with E-state index in [0.717, 1.165) is 17.7 Å². The Morgan fingerprint density at radius 1 is 1.12 bits per heavy atom. The molecule has 0 aliphatic heterocycles. The summed E-state index contributed by atoms with van der Waals surface area (Å²) in [6.07, 6.45) is 8.15. The van der Waals surface area contributed by atoms with Gasteiger partial charge in [0.15, 0.2) is 0 Å². The van der Waals surface area contributed by atoms with E-state index in [1.807, 2.05) is 48.5 Å². The van der Waals surface area contributed by atoms with Crippen molar-refractivity contribution in [3.63, 3.8) is 0 Å². The number of hydrogen-bond donors (Lipinski definition) is 2. The van der Waals surface area contributed by atoms with Gasteiger partial charge < -0.3 is 4.74 Å². The number of nitrogens with zero attached hydrogens (tertiary/aromatic N) is 3. The highest BCUT2D eigenvalue weighted by atomic mass is 16.5. The van der Waals surface area contributed by atoms with Crippen LogP contribution in [0.3, 0.4) is 0 Å². The fourth-order valence-corrected chi connectivity index (χ4v) is 4.08. The summed E-state index contributed by atoms with van der Waals surface area (Å²) in [5.41, 5.74) is 5.21. The van der Waals surface area contributed by atoms with Gasteiger partial charge in [0.2, 0.25) is 5.95 Å². The second-order valence-corrected chi connectivity index (χ2v) is 8.20. The van der Waals surface area contributed by atoms with Crippen LogP contribution in [0.4, 0.5) is 5.95 Å². The van der Waals surface area contributed by atoms with Crippen LogP contribution in [0.25, 0.3) is 11.3 Å². The molecule has 3 aromatic rings. The monoisotopic (exact) mass is 441 g/mol. The molecule has 4 rings (SSSR count). The second kappa shape index (κ2) is 11.2. The molecule has 33 heavy (non-hydrogen) atoms. The summed E-state index contributed by atoms with van der Waals surface area (Å²) in [4.78, 5) is 19.3. The van der Waals surface area contributed by atoms with Gasteiger partial charge in [-0.25, -0.2) is 10.4 Å². The maximum absolute atomic E-state index is 12.4. The Morgan fingerprint density at radius 3 is 2.67 bits per heavy atom. The summed E-state index contributed by atoms with van der Waals surface area (Å²) in [6, 6.07) is 19.0. The summed E-state index contributed by atoms with van der Waals surface area (Å²) in [7, 11) is 0. The number of hydrogen-bond acceptors (Lipinski definition) is 6. The predicted octanol–water partition coefficient (Wildman–Crippen LogP) is 4.85. The van der Waals surface area contributed by atoms with Crippen LogP contribution in [0.2, 0.25) is 0 Å². The van der Waals surface area contributed by atoms with Gasteiger partial charge in [0.25, 0.3) is 5.56 Å². The van der Waals surface area contributed by atoms with Gasteiger partial charge >= 0.3 is 0 Å². The Hall–Kier alpha value is -3.76. The Morgan fingerprint density at radius 2 is 1.88 bits per heavy atom. The summed E-state index contributed by atoms with van der Waals surface area (Å²) < 4.78 is 6.00. The standard InChI is InChI=1S/C26H27N5O2/c27-15-23-24(20-11-5-2-6-12-20)29-26(30-25(23)32)31-28-16-21-13-7-8-14-22(21)18-33-17-19-9-3-1-4-10-19/h2,5-8,11-14,16,19H,1,3-4,9-10,17-18H2,(H2,29,30,31,32). The van der Waals surface area contributed by atoms with Crippen LogP contribution >= 0.6 is 0 Å². The fourth-order valence-electron chi connectivity index (χ4n) is 4.08. The number of ether oxygens (including phenoxy) is 1. The lowest BCUT2D eigenvalue weighted by molar-refractivity contribution is 0.0739. The quantitative estimate of drug-likeness (QED) is 0.384. The molecule has 0 atom stereocenters. The molecular formula is C26H27N5O2. The maximum Gasteiger partial charge on any atom is 0.270 e. The zero-order chi connectivity index (χ0) is 22.9. The second-order valence-electron chi connectivity index (χ2n) is 8.20. The van der Waals surface area contributed by atoms with Crippen molar-refractivity contribution in [2.75, 3.05) is 12.0 Å². The normalized spacial score (nSPS) is 14.3. The zero-order valence-electron chi connectivity index (χ0n) is 18.5. The molecule has 1 aromatic heterocycles. The topological polar surface area (TPSA) is 103 Å². The molecular weight excluding hydrogens is 414 g/mol. The fraction of sp³-hybridized carbons (Fsp3) is 0.308. The number of nitrogens with one attached hydrogen (secondary N) is 2. The van der Waals surface area contributed by atoms with Gasteiger partial charge in [-0.15, -0.1) is 0 Å². The molecule has 1 aliphatic carbocycles. The van der Waals surface area contributed by atoms with Gasteiger partial charge in [0, 0.05) is 17.7 Å². The van der Waals surface area contributed by atoms with Crippen LogP contribution < -0.4 is 11.0 Å². The first-order valence-corrected chi connectivity index (χ1v) is 11.3. The molecule has 0 bridgehead atoms. The van der Waals surface area contributed by atoms with Crippen LogP contribution in [0.1, 0.15) is 48.8 Å². The lowest BCUT2D eigenvalue weighted by Crippen LogP contribution is -2.16. The number of aromatic nitrogens is 2. The molecule has 0 unspecified atom stereocenters. The van der Waals surface area contributed by atoms with Crippen molar-refractivity contribution in [1.82, 2.24) is 9.97 Å². The van der Waals surface area contributed by atoms with Crippen molar-refractivity contribution >= 4 is 12.2 Å². The van der Waals surface area contributed by atoms with Gasteiger partial charge in [0.1, 0.15) is 11.6 Å². The van der Waals surface area contributed by atoms with Crippen molar-refractivity contribution in [3.05, 3.63) is 81.6 Å². The molecule has 0 radical (unpaired) electrons. The summed E-state index contributed by atoms with van der Waals surface area (Å²) in [5.74, 6) is 0.833. The third-order valence-electron chi connectivity index (χ3n) is 5.84. The molecule has 1 fully saturated rings. The van der Waals surface area contributed by atoms with Gasteiger partial charge in [-0.1, -0.05) is 73.9 Å². The lowest BCUT2D eigenvalue weighted by Gasteiger charge is -2.21. The minimum Gasteiger partial charge on any atom is -0.376 e. The van der Waals surface area contributed by atoms with Crippen LogP contribution in [-0.2, 0) is 11.3 Å². The van der Waals surface area contributed by atoms with E-state index in [-0.39, 0.29) is 11.5 Å². The first-order chi connectivity index (χ1) is 16.2. The average Bonchev–Trinajstić information content (AvgIpc) is 2.86. The summed E-state index contributed by atoms with van der Waals surface area (Å²) in [5, 5.41) is 13.6. The lowest BCUT2D eigenvalue weighted by atomic mass is 9.90. The molecule has 1 aliphatic rings. The smallest absolute Gasteiger partial charge is 0.270 e. The zero-order valence-corrected chi connectivity index (χ0v) is 18.5. The van der Waals surface area contributed by atoms with Gasteiger partial charge in [0.05, 0.1) is 18.5 Å². The minimum atomic E-state index is -0.513. The highest BCUT2D eigenvalue weighted by Gasteiger charge is 2.14. The molecule has 0 amide bonds. The molecule has 7 nitrogen and oxygen atoms in total. The highest BCUT2D eigenvalue weighted by molar-refractivity contribution is 5.82. The van der Waals surface area contributed by atoms with Crippen molar-refractivity contribution in [3.8, 4) is 17.3 Å². The first-order valence-electron chi connectivity index (χ1n) is 11.3. The van der Waals surface area contributed by atoms with Crippen molar-refractivity contribution < 1.29 is 4.74 Å². The van der Waals surface area contributed by atoms with E-state index in [4.69, 9.17) is 4.74 Å². The number of aromatic amines is 1. The minimum absolute atomic E-state index is 0.0313. The molecule has 7 heteroatoms. The van der Waals surface area contributed by atoms with Crippen molar-refractivity contribution in [1.29, 1.82) is 5.26 Å². The van der Waals surface area contributed by atoms with Crippen molar-refractivity contribution in [2.24, 2.45) is 11.0 Å². The number of H-pyrrole nitrogens is 1. The summed E-state index contributed by atoms with van der Waals surface area (Å²) >= 11 is 0. The van der Waals surface area contributed by atoms with Crippen LogP contribution in [0, 0.1) is 17.2 Å². The molecule has 1 saturated carbocycles. The molecule has 168 valence electrons. The van der Waals surface area contributed by atoms with E-state index in [1.54, 1.807) is 18.3 Å². The molecule has 2 N–H and O–H groups in total. The Labute approximate surface area is 193 Å². The van der Waals surface area contributed by atoms with E-state index in [2.05, 4.69) is 20.5 Å².